The van der Waals surface area contributed by atoms with E-state index in [9.17, 15) is 9.18 Å². The predicted octanol–water partition coefficient (Wildman–Crippen LogP) is 3.02. The lowest BCUT2D eigenvalue weighted by molar-refractivity contribution is -0.115. The first-order valence-corrected chi connectivity index (χ1v) is 6.38. The maximum Gasteiger partial charge on any atom is 0.228 e. The largest absolute Gasteiger partial charge is 0.497 e. The first-order valence-electron chi connectivity index (χ1n) is 6.38. The molecule has 0 unspecified atom stereocenters. The van der Waals surface area contributed by atoms with Gasteiger partial charge in [-0.25, -0.2) is 4.39 Å². The van der Waals surface area contributed by atoms with Crippen LogP contribution in [-0.2, 0) is 11.2 Å². The van der Waals surface area contributed by atoms with Crippen LogP contribution in [-0.4, -0.2) is 20.1 Å². The summed E-state index contributed by atoms with van der Waals surface area (Å²) in [7, 11) is 3.09. The third-order valence-electron chi connectivity index (χ3n) is 2.95. The van der Waals surface area contributed by atoms with E-state index in [0.717, 1.165) is 0 Å². The fraction of sp³-hybridized carbons (Fsp3) is 0.188. The van der Waals surface area contributed by atoms with Crippen LogP contribution in [0.1, 0.15) is 5.56 Å². The number of hydrogen-bond acceptors (Lipinski definition) is 3. The van der Waals surface area contributed by atoms with E-state index in [-0.39, 0.29) is 12.3 Å². The zero-order chi connectivity index (χ0) is 15.2. The second kappa shape index (κ2) is 6.74. The first kappa shape index (κ1) is 14.8. The van der Waals surface area contributed by atoms with E-state index in [1.807, 2.05) is 0 Å². The van der Waals surface area contributed by atoms with E-state index in [2.05, 4.69) is 5.32 Å². The number of hydrogen-bond donors (Lipinski definition) is 1. The van der Waals surface area contributed by atoms with Gasteiger partial charge in [0.25, 0.3) is 0 Å². The minimum absolute atomic E-state index is 0.108. The Morgan fingerprint density at radius 3 is 2.62 bits per heavy atom. The number of carbonyl (C=O) groups is 1. The van der Waals surface area contributed by atoms with E-state index in [0.29, 0.717) is 22.7 Å². The van der Waals surface area contributed by atoms with Crippen LogP contribution in [0.25, 0.3) is 0 Å². The average Bonchev–Trinajstić information content (AvgIpc) is 2.47. The predicted molar refractivity (Wildman–Crippen MR) is 78.3 cm³/mol. The van der Waals surface area contributed by atoms with Gasteiger partial charge in [0.05, 0.1) is 20.6 Å². The molecule has 0 aromatic heterocycles. The number of carbonyl (C=O) groups excluding carboxylic acids is 1. The standard InChI is InChI=1S/C16H16FNO3/c1-20-14-6-7-15(21-2)11(8-14)9-16(19)18-13-5-3-4-12(17)10-13/h3-8,10H,9H2,1-2H3,(H,18,19). The maximum absolute atomic E-state index is 13.1. The molecule has 2 rings (SSSR count). The lowest BCUT2D eigenvalue weighted by Gasteiger charge is -2.11. The third kappa shape index (κ3) is 3.95. The Bertz CT molecular complexity index is 643. The summed E-state index contributed by atoms with van der Waals surface area (Å²) in [5.41, 5.74) is 1.12. The molecule has 0 aliphatic heterocycles. The van der Waals surface area contributed by atoms with Gasteiger partial charge in [-0.15, -0.1) is 0 Å². The van der Waals surface area contributed by atoms with Crippen molar-refractivity contribution < 1.29 is 18.7 Å². The molecular weight excluding hydrogens is 273 g/mol. The number of rotatable bonds is 5. The van der Waals surface area contributed by atoms with Crippen molar-refractivity contribution >= 4 is 11.6 Å². The molecule has 2 aromatic rings. The Morgan fingerprint density at radius 2 is 1.95 bits per heavy atom. The van der Waals surface area contributed by atoms with Gasteiger partial charge in [-0.05, 0) is 36.4 Å². The number of amides is 1. The molecule has 0 spiro atoms. The molecule has 5 heteroatoms. The summed E-state index contributed by atoms with van der Waals surface area (Å²) >= 11 is 0. The van der Waals surface area contributed by atoms with E-state index < -0.39 is 5.82 Å². The molecule has 0 fully saturated rings. The fourth-order valence-electron chi connectivity index (χ4n) is 1.96. The molecule has 0 bridgehead atoms. The Balaban J connectivity index is 2.12. The molecule has 4 nitrogen and oxygen atoms in total. The topological polar surface area (TPSA) is 47.6 Å². The molecule has 1 amide bonds. The number of nitrogens with one attached hydrogen (secondary N) is 1. The average molecular weight is 289 g/mol. The first-order chi connectivity index (χ1) is 10.1. The van der Waals surface area contributed by atoms with E-state index in [1.165, 1.54) is 25.3 Å². The van der Waals surface area contributed by atoms with Gasteiger partial charge in [-0.2, -0.15) is 0 Å². The summed E-state index contributed by atoms with van der Waals surface area (Å²) in [6.07, 6.45) is 0.108. The smallest absolute Gasteiger partial charge is 0.228 e. The normalized spacial score (nSPS) is 10.0. The molecule has 0 aliphatic rings. The number of halogens is 1. The second-order valence-electron chi connectivity index (χ2n) is 4.41. The van der Waals surface area contributed by atoms with Gasteiger partial charge >= 0.3 is 0 Å². The van der Waals surface area contributed by atoms with Gasteiger partial charge < -0.3 is 14.8 Å². The maximum atomic E-state index is 13.1. The molecule has 0 saturated carbocycles. The molecule has 21 heavy (non-hydrogen) atoms. The lowest BCUT2D eigenvalue weighted by Crippen LogP contribution is -2.15. The second-order valence-corrected chi connectivity index (χ2v) is 4.41. The zero-order valence-electron chi connectivity index (χ0n) is 11.9. The summed E-state index contributed by atoms with van der Waals surface area (Å²) < 4.78 is 23.4. The van der Waals surface area contributed by atoms with Crippen molar-refractivity contribution in [3.05, 3.63) is 53.8 Å². The van der Waals surface area contributed by atoms with Gasteiger partial charge in [0.2, 0.25) is 5.91 Å². The van der Waals surface area contributed by atoms with E-state index in [1.54, 1.807) is 31.4 Å². The molecule has 0 saturated heterocycles. The van der Waals surface area contributed by atoms with Crippen LogP contribution in [0.2, 0.25) is 0 Å². The van der Waals surface area contributed by atoms with Crippen LogP contribution in [0.3, 0.4) is 0 Å². The van der Waals surface area contributed by atoms with Crippen molar-refractivity contribution in [3.8, 4) is 11.5 Å². The number of methoxy groups -OCH3 is 2. The van der Waals surface area contributed by atoms with Crippen LogP contribution in [0, 0.1) is 5.82 Å². The van der Waals surface area contributed by atoms with Crippen LogP contribution < -0.4 is 14.8 Å². The lowest BCUT2D eigenvalue weighted by atomic mass is 10.1. The molecule has 2 aromatic carbocycles. The number of benzene rings is 2. The molecular formula is C16H16FNO3. The summed E-state index contributed by atoms with van der Waals surface area (Å²) in [4.78, 5) is 12.0. The summed E-state index contributed by atoms with van der Waals surface area (Å²) in [5.74, 6) is 0.591. The van der Waals surface area contributed by atoms with E-state index >= 15 is 0 Å². The van der Waals surface area contributed by atoms with Crippen LogP contribution >= 0.6 is 0 Å². The van der Waals surface area contributed by atoms with Crippen molar-refractivity contribution in [2.75, 3.05) is 19.5 Å². The molecule has 0 heterocycles. The van der Waals surface area contributed by atoms with Crippen molar-refractivity contribution in [3.63, 3.8) is 0 Å². The minimum atomic E-state index is -0.397. The number of anilines is 1. The van der Waals surface area contributed by atoms with Crippen LogP contribution in [0.15, 0.2) is 42.5 Å². The third-order valence-corrected chi connectivity index (χ3v) is 2.95. The minimum Gasteiger partial charge on any atom is -0.497 e. The Hall–Kier alpha value is -2.56. The van der Waals surface area contributed by atoms with Gasteiger partial charge in [-0.3, -0.25) is 4.79 Å². The van der Waals surface area contributed by atoms with Gasteiger partial charge in [-0.1, -0.05) is 6.07 Å². The highest BCUT2D eigenvalue weighted by molar-refractivity contribution is 5.92. The van der Waals surface area contributed by atoms with Crippen molar-refractivity contribution in [2.45, 2.75) is 6.42 Å². The molecule has 1 N–H and O–H groups in total. The SMILES string of the molecule is COc1ccc(OC)c(CC(=O)Nc2cccc(F)c2)c1. The summed E-state index contributed by atoms with van der Waals surface area (Å²) in [6, 6.07) is 11.0. The number of ether oxygens (including phenoxy) is 2. The van der Waals surface area contributed by atoms with Crippen molar-refractivity contribution in [2.24, 2.45) is 0 Å². The summed E-state index contributed by atoms with van der Waals surface area (Å²) in [6.45, 7) is 0. The fourth-order valence-corrected chi connectivity index (χ4v) is 1.96. The molecule has 0 aliphatic carbocycles. The highest BCUT2D eigenvalue weighted by Gasteiger charge is 2.10. The van der Waals surface area contributed by atoms with Crippen LogP contribution in [0.5, 0.6) is 11.5 Å². The Morgan fingerprint density at radius 1 is 1.14 bits per heavy atom. The monoisotopic (exact) mass is 289 g/mol. The van der Waals surface area contributed by atoms with Gasteiger partial charge in [0.1, 0.15) is 17.3 Å². The van der Waals surface area contributed by atoms with Crippen molar-refractivity contribution in [1.29, 1.82) is 0 Å². The molecule has 0 radical (unpaired) electrons. The van der Waals surface area contributed by atoms with E-state index in [4.69, 9.17) is 9.47 Å². The van der Waals surface area contributed by atoms with Gasteiger partial charge in [0.15, 0.2) is 0 Å². The highest BCUT2D eigenvalue weighted by Crippen LogP contribution is 2.24. The van der Waals surface area contributed by atoms with Crippen LogP contribution in [0.4, 0.5) is 10.1 Å². The molecule has 0 atom stereocenters. The quantitative estimate of drug-likeness (QED) is 0.920. The molecule has 110 valence electrons. The Kier molecular flexibility index (Phi) is 4.77. The zero-order valence-corrected chi connectivity index (χ0v) is 11.9. The highest BCUT2D eigenvalue weighted by atomic mass is 19.1. The van der Waals surface area contributed by atoms with Crippen molar-refractivity contribution in [1.82, 2.24) is 0 Å². The summed E-state index contributed by atoms with van der Waals surface area (Å²) in [5, 5.41) is 2.64. The Labute approximate surface area is 122 Å². The van der Waals surface area contributed by atoms with Gasteiger partial charge in [0, 0.05) is 11.3 Å².